The van der Waals surface area contributed by atoms with Crippen LogP contribution < -0.4 is 4.72 Å². The van der Waals surface area contributed by atoms with Crippen LogP contribution in [-0.2, 0) is 16.6 Å². The Bertz CT molecular complexity index is 743. The molecule has 3 N–H and O–H groups in total. The van der Waals surface area contributed by atoms with Crippen LogP contribution in [0.25, 0.3) is 0 Å². The summed E-state index contributed by atoms with van der Waals surface area (Å²) in [5.74, 6) is -2.47. The van der Waals surface area contributed by atoms with E-state index in [-0.39, 0.29) is 16.3 Å². The average molecular weight is 303 g/mol. The summed E-state index contributed by atoms with van der Waals surface area (Å²) in [5.41, 5.74) is -0.445. The van der Waals surface area contributed by atoms with Gasteiger partial charge in [0.2, 0.25) is 0 Å². The van der Waals surface area contributed by atoms with E-state index in [1.54, 1.807) is 0 Å². The first-order valence-electron chi connectivity index (χ1n) is 5.48. The summed E-state index contributed by atoms with van der Waals surface area (Å²) in [4.78, 5) is -0.288. The number of benzene rings is 1. The summed E-state index contributed by atoms with van der Waals surface area (Å²) in [6.45, 7) is 0.828. The summed E-state index contributed by atoms with van der Waals surface area (Å²) < 4.78 is 52.8. The number of hydrogen-bond acceptors (Lipinski definition) is 4. The number of aliphatic hydroxyl groups excluding tert-OH is 1. The lowest BCUT2D eigenvalue weighted by molar-refractivity contribution is 0.273. The van der Waals surface area contributed by atoms with E-state index in [0.717, 1.165) is 12.1 Å². The molecule has 6 nitrogen and oxygen atoms in total. The maximum Gasteiger partial charge on any atom is 0.265 e. The number of aryl methyl sites for hydroxylation is 1. The zero-order valence-electron chi connectivity index (χ0n) is 10.3. The van der Waals surface area contributed by atoms with Gasteiger partial charge in [-0.15, -0.1) is 0 Å². The van der Waals surface area contributed by atoms with Gasteiger partial charge in [-0.3, -0.25) is 9.82 Å². The van der Waals surface area contributed by atoms with Crippen molar-refractivity contribution in [3.63, 3.8) is 0 Å². The number of hydrogen-bond donors (Lipinski definition) is 3. The molecule has 0 saturated carbocycles. The predicted octanol–water partition coefficient (Wildman–Crippen LogP) is 1.29. The highest BCUT2D eigenvalue weighted by Gasteiger charge is 2.25. The maximum absolute atomic E-state index is 13.5. The van der Waals surface area contributed by atoms with E-state index in [9.17, 15) is 17.2 Å². The van der Waals surface area contributed by atoms with Crippen LogP contribution in [0.3, 0.4) is 0 Å². The van der Waals surface area contributed by atoms with Crippen molar-refractivity contribution < 1.29 is 22.3 Å². The van der Waals surface area contributed by atoms with Crippen molar-refractivity contribution >= 4 is 15.7 Å². The Kier molecular flexibility index (Phi) is 3.73. The molecule has 0 amide bonds. The molecule has 108 valence electrons. The number of halogens is 2. The van der Waals surface area contributed by atoms with Crippen LogP contribution in [0.4, 0.5) is 14.5 Å². The van der Waals surface area contributed by atoms with E-state index in [4.69, 9.17) is 5.11 Å². The molecule has 1 aromatic carbocycles. The van der Waals surface area contributed by atoms with Gasteiger partial charge in [-0.1, -0.05) is 6.07 Å². The number of aromatic amines is 1. The Labute approximate surface area is 113 Å². The second-order valence-electron chi connectivity index (χ2n) is 3.99. The van der Waals surface area contributed by atoms with Gasteiger partial charge in [0.05, 0.1) is 18.0 Å². The molecule has 0 unspecified atom stereocenters. The minimum absolute atomic E-state index is 0.105. The molecule has 1 heterocycles. The zero-order chi connectivity index (χ0) is 14.9. The van der Waals surface area contributed by atoms with Gasteiger partial charge in [0.15, 0.2) is 11.6 Å². The molecule has 0 aliphatic heterocycles. The summed E-state index contributed by atoms with van der Waals surface area (Å²) in [6, 6.07) is 3.13. The number of nitrogens with one attached hydrogen (secondary N) is 2. The highest BCUT2D eigenvalue weighted by atomic mass is 32.2. The molecule has 0 bridgehead atoms. The molecule has 0 aliphatic rings. The van der Waals surface area contributed by atoms with Crippen molar-refractivity contribution in [1.29, 1.82) is 0 Å². The van der Waals surface area contributed by atoms with Crippen LogP contribution in [0.2, 0.25) is 0 Å². The van der Waals surface area contributed by atoms with Gasteiger partial charge in [0.1, 0.15) is 10.6 Å². The van der Waals surface area contributed by atoms with Crippen LogP contribution in [0.5, 0.6) is 0 Å². The fourth-order valence-corrected chi connectivity index (χ4v) is 3.13. The highest BCUT2D eigenvalue weighted by molar-refractivity contribution is 7.92. The van der Waals surface area contributed by atoms with Crippen molar-refractivity contribution in [2.24, 2.45) is 0 Å². The lowest BCUT2D eigenvalue weighted by atomic mass is 10.3. The lowest BCUT2D eigenvalue weighted by Gasteiger charge is -2.09. The van der Waals surface area contributed by atoms with Crippen LogP contribution >= 0.6 is 0 Å². The normalized spacial score (nSPS) is 11.6. The molecular weight excluding hydrogens is 292 g/mol. The van der Waals surface area contributed by atoms with Crippen LogP contribution in [0.1, 0.15) is 11.4 Å². The van der Waals surface area contributed by atoms with E-state index < -0.39 is 34.0 Å². The smallest absolute Gasteiger partial charge is 0.265 e. The Hall–Kier alpha value is -2.00. The van der Waals surface area contributed by atoms with E-state index in [1.165, 1.54) is 13.0 Å². The maximum atomic E-state index is 13.5. The fraction of sp³-hybridized carbons (Fsp3) is 0.182. The highest BCUT2D eigenvalue weighted by Crippen LogP contribution is 2.24. The van der Waals surface area contributed by atoms with Gasteiger partial charge in [-0.05, 0) is 19.1 Å². The van der Waals surface area contributed by atoms with Crippen molar-refractivity contribution in [3.8, 4) is 0 Å². The first-order chi connectivity index (χ1) is 9.36. The van der Waals surface area contributed by atoms with Crippen molar-refractivity contribution in [3.05, 3.63) is 41.2 Å². The number of anilines is 1. The zero-order valence-corrected chi connectivity index (χ0v) is 11.1. The van der Waals surface area contributed by atoms with Gasteiger partial charge < -0.3 is 5.11 Å². The molecule has 0 saturated heterocycles. The molecule has 2 aromatic rings. The predicted molar refractivity (Wildman–Crippen MR) is 66.4 cm³/mol. The number of aromatic nitrogens is 2. The molecule has 0 radical (unpaired) electrons. The minimum atomic E-state index is -4.19. The largest absolute Gasteiger partial charge is 0.390 e. The molecule has 2 rings (SSSR count). The summed E-state index contributed by atoms with van der Waals surface area (Å²) >= 11 is 0. The summed E-state index contributed by atoms with van der Waals surface area (Å²) in [7, 11) is -4.19. The van der Waals surface area contributed by atoms with E-state index in [2.05, 4.69) is 10.2 Å². The molecular formula is C11H11F2N3O3S. The van der Waals surface area contributed by atoms with E-state index >= 15 is 0 Å². The Balaban J connectivity index is 2.46. The Morgan fingerprint density at radius 3 is 2.75 bits per heavy atom. The van der Waals surface area contributed by atoms with E-state index in [1.807, 2.05) is 4.72 Å². The standard InChI is InChI=1S/C11H11F2N3O3S/c1-6-11(9(5-17)15-14-6)20(18,19)16-8-4-2-3-7(12)10(8)13/h2-4,16-17H,5H2,1H3,(H,14,15). The fourth-order valence-electron chi connectivity index (χ4n) is 1.71. The van der Waals surface area contributed by atoms with Gasteiger partial charge in [-0.2, -0.15) is 5.10 Å². The van der Waals surface area contributed by atoms with Crippen LogP contribution in [0, 0.1) is 18.6 Å². The quantitative estimate of drug-likeness (QED) is 0.793. The summed E-state index contributed by atoms with van der Waals surface area (Å²) in [6.07, 6.45) is 0. The Morgan fingerprint density at radius 2 is 2.10 bits per heavy atom. The SMILES string of the molecule is Cc1[nH]nc(CO)c1S(=O)(=O)Nc1cccc(F)c1F. The monoisotopic (exact) mass is 303 g/mol. The van der Waals surface area contributed by atoms with Gasteiger partial charge >= 0.3 is 0 Å². The summed E-state index contributed by atoms with van der Waals surface area (Å²) in [5, 5.41) is 15.1. The molecule has 9 heteroatoms. The van der Waals surface area contributed by atoms with Crippen LogP contribution in [0.15, 0.2) is 23.1 Å². The second-order valence-corrected chi connectivity index (χ2v) is 5.61. The number of aliphatic hydroxyl groups is 1. The molecule has 0 atom stereocenters. The third-order valence-electron chi connectivity index (χ3n) is 2.58. The number of H-pyrrole nitrogens is 1. The molecule has 20 heavy (non-hydrogen) atoms. The molecule has 0 fully saturated rings. The van der Waals surface area contributed by atoms with Gasteiger partial charge in [-0.25, -0.2) is 17.2 Å². The number of sulfonamides is 1. The van der Waals surface area contributed by atoms with Gasteiger partial charge in [0.25, 0.3) is 10.0 Å². The molecule has 0 aliphatic carbocycles. The first kappa shape index (κ1) is 14.4. The van der Waals surface area contributed by atoms with Gasteiger partial charge in [0, 0.05) is 0 Å². The van der Waals surface area contributed by atoms with E-state index in [0.29, 0.717) is 0 Å². The lowest BCUT2D eigenvalue weighted by Crippen LogP contribution is -2.16. The first-order valence-corrected chi connectivity index (χ1v) is 6.96. The van der Waals surface area contributed by atoms with Crippen LogP contribution in [-0.4, -0.2) is 23.7 Å². The Morgan fingerprint density at radius 1 is 1.40 bits per heavy atom. The minimum Gasteiger partial charge on any atom is -0.390 e. The van der Waals surface area contributed by atoms with Crippen molar-refractivity contribution in [1.82, 2.24) is 10.2 Å². The number of nitrogens with zero attached hydrogens (tertiary/aromatic N) is 1. The molecule has 1 aromatic heterocycles. The topological polar surface area (TPSA) is 95.1 Å². The van der Waals surface area contributed by atoms with Crippen molar-refractivity contribution in [2.45, 2.75) is 18.4 Å². The van der Waals surface area contributed by atoms with Crippen molar-refractivity contribution in [2.75, 3.05) is 4.72 Å². The average Bonchev–Trinajstić information content (AvgIpc) is 2.77. The third-order valence-corrected chi connectivity index (χ3v) is 4.14. The second kappa shape index (κ2) is 5.17. The molecule has 0 spiro atoms. The third kappa shape index (κ3) is 2.49. The number of rotatable bonds is 4.